The van der Waals surface area contributed by atoms with E-state index in [0.717, 1.165) is 6.07 Å². The third-order valence-electron chi connectivity index (χ3n) is 3.08. The Balaban J connectivity index is 2.58. The number of rotatable bonds is 3. The molecule has 1 heterocycles. The van der Waals surface area contributed by atoms with Crippen LogP contribution in [0.1, 0.15) is 29.8 Å². The summed E-state index contributed by atoms with van der Waals surface area (Å²) in [4.78, 5) is 0. The van der Waals surface area contributed by atoms with Crippen LogP contribution >= 0.6 is 27.5 Å². The Labute approximate surface area is 133 Å². The molecule has 1 unspecified atom stereocenters. The van der Waals surface area contributed by atoms with E-state index < -0.39 is 17.8 Å². The van der Waals surface area contributed by atoms with Crippen LogP contribution in [0.25, 0.3) is 0 Å². The molecule has 2 N–H and O–H groups in total. The summed E-state index contributed by atoms with van der Waals surface area (Å²) < 4.78 is 41.4. The van der Waals surface area contributed by atoms with E-state index in [1.54, 1.807) is 0 Å². The van der Waals surface area contributed by atoms with Crippen molar-refractivity contribution in [2.45, 2.75) is 25.7 Å². The summed E-state index contributed by atoms with van der Waals surface area (Å²) >= 11 is 9.06. The number of aryl methyl sites for hydroxylation is 1. The van der Waals surface area contributed by atoms with Crippen molar-refractivity contribution in [1.29, 1.82) is 0 Å². The zero-order valence-corrected chi connectivity index (χ0v) is 13.3. The van der Waals surface area contributed by atoms with Gasteiger partial charge in [-0.3, -0.25) is 4.68 Å². The van der Waals surface area contributed by atoms with Crippen LogP contribution in [0.4, 0.5) is 13.2 Å². The maximum absolute atomic E-state index is 13.2. The summed E-state index contributed by atoms with van der Waals surface area (Å²) in [5, 5.41) is 4.25. The molecule has 0 aliphatic rings. The van der Waals surface area contributed by atoms with Crippen LogP contribution in [-0.2, 0) is 12.7 Å². The summed E-state index contributed by atoms with van der Waals surface area (Å²) in [7, 11) is 0. The number of nitrogens with two attached hydrogens (primary N) is 1. The lowest BCUT2D eigenvalue weighted by Crippen LogP contribution is -2.21. The molecule has 0 spiro atoms. The van der Waals surface area contributed by atoms with Gasteiger partial charge in [-0.25, -0.2) is 0 Å². The smallest absolute Gasteiger partial charge is 0.319 e. The Morgan fingerprint density at radius 3 is 2.67 bits per heavy atom. The Kier molecular flexibility index (Phi) is 4.65. The molecule has 1 aromatic carbocycles. The summed E-state index contributed by atoms with van der Waals surface area (Å²) in [6, 6.07) is 2.87. The predicted octanol–water partition coefficient (Wildman–Crippen LogP) is 4.39. The van der Waals surface area contributed by atoms with Gasteiger partial charge in [0.25, 0.3) is 0 Å². The maximum atomic E-state index is 13.2. The summed E-state index contributed by atoms with van der Waals surface area (Å²) in [5.41, 5.74) is 5.57. The largest absolute Gasteiger partial charge is 0.416 e. The first-order chi connectivity index (χ1) is 9.75. The second-order valence-electron chi connectivity index (χ2n) is 4.40. The van der Waals surface area contributed by atoms with Crippen molar-refractivity contribution in [1.82, 2.24) is 9.78 Å². The molecule has 2 aromatic rings. The van der Waals surface area contributed by atoms with Crippen LogP contribution in [0, 0.1) is 0 Å². The van der Waals surface area contributed by atoms with Crippen LogP contribution in [0.15, 0.2) is 28.9 Å². The van der Waals surface area contributed by atoms with E-state index in [2.05, 4.69) is 21.0 Å². The second kappa shape index (κ2) is 5.98. The topological polar surface area (TPSA) is 43.8 Å². The van der Waals surface area contributed by atoms with Gasteiger partial charge in [0, 0.05) is 11.0 Å². The van der Waals surface area contributed by atoms with Crippen LogP contribution in [0.2, 0.25) is 5.02 Å². The van der Waals surface area contributed by atoms with E-state index in [1.165, 1.54) is 23.0 Å². The molecule has 0 saturated heterocycles. The number of benzene rings is 1. The standard InChI is InChI=1S/C13H12BrClF3N3/c1-2-21-12(10(15)6-20-21)11(19)8-4-3-7(14)5-9(8)13(16,17)18/h3-6,11H,2,19H2,1H3. The highest BCUT2D eigenvalue weighted by molar-refractivity contribution is 9.10. The number of aromatic nitrogens is 2. The quantitative estimate of drug-likeness (QED) is 0.856. The van der Waals surface area contributed by atoms with Gasteiger partial charge >= 0.3 is 6.18 Å². The van der Waals surface area contributed by atoms with Gasteiger partial charge in [-0.2, -0.15) is 18.3 Å². The lowest BCUT2D eigenvalue weighted by Gasteiger charge is -2.20. The molecule has 2 rings (SSSR count). The van der Waals surface area contributed by atoms with Crippen molar-refractivity contribution in [2.24, 2.45) is 5.73 Å². The predicted molar refractivity (Wildman–Crippen MR) is 78.1 cm³/mol. The summed E-state index contributed by atoms with van der Waals surface area (Å²) in [5.74, 6) is 0. The van der Waals surface area contributed by atoms with Crippen molar-refractivity contribution in [3.63, 3.8) is 0 Å². The SMILES string of the molecule is CCn1ncc(Cl)c1C(N)c1ccc(Br)cc1C(F)(F)F. The number of hydrogen-bond donors (Lipinski definition) is 1. The van der Waals surface area contributed by atoms with Gasteiger partial charge in [0.2, 0.25) is 0 Å². The summed E-state index contributed by atoms with van der Waals surface area (Å²) in [6.45, 7) is 2.28. The first kappa shape index (κ1) is 16.3. The van der Waals surface area contributed by atoms with Gasteiger partial charge in [0.1, 0.15) is 0 Å². The molecular formula is C13H12BrClF3N3. The third kappa shape index (κ3) is 3.25. The van der Waals surface area contributed by atoms with E-state index in [9.17, 15) is 13.2 Å². The minimum Gasteiger partial charge on any atom is -0.319 e. The Morgan fingerprint density at radius 2 is 2.10 bits per heavy atom. The Bertz CT molecular complexity index is 655. The molecule has 21 heavy (non-hydrogen) atoms. The maximum Gasteiger partial charge on any atom is 0.416 e. The van der Waals surface area contributed by atoms with Gasteiger partial charge < -0.3 is 5.73 Å². The van der Waals surface area contributed by atoms with Gasteiger partial charge in [-0.1, -0.05) is 33.6 Å². The van der Waals surface area contributed by atoms with Gasteiger partial charge in [-0.15, -0.1) is 0 Å². The van der Waals surface area contributed by atoms with Crippen LogP contribution in [-0.4, -0.2) is 9.78 Å². The molecule has 0 amide bonds. The first-order valence-electron chi connectivity index (χ1n) is 6.09. The van der Waals surface area contributed by atoms with Gasteiger partial charge in [0.05, 0.1) is 28.5 Å². The van der Waals surface area contributed by atoms with Crippen molar-refractivity contribution in [2.75, 3.05) is 0 Å². The zero-order chi connectivity index (χ0) is 15.8. The molecule has 3 nitrogen and oxygen atoms in total. The average Bonchev–Trinajstić information content (AvgIpc) is 2.78. The van der Waals surface area contributed by atoms with E-state index >= 15 is 0 Å². The normalized spacial score (nSPS) is 13.5. The molecule has 0 aliphatic heterocycles. The molecule has 114 valence electrons. The molecule has 8 heteroatoms. The highest BCUT2D eigenvalue weighted by atomic mass is 79.9. The van der Waals surface area contributed by atoms with E-state index in [0.29, 0.717) is 16.7 Å². The first-order valence-corrected chi connectivity index (χ1v) is 7.26. The number of alkyl halides is 3. The summed E-state index contributed by atoms with van der Waals surface area (Å²) in [6.07, 6.45) is -3.12. The molecule has 0 radical (unpaired) electrons. The van der Waals surface area contributed by atoms with Gasteiger partial charge in [0.15, 0.2) is 0 Å². The molecule has 1 aromatic heterocycles. The van der Waals surface area contributed by atoms with Crippen molar-refractivity contribution >= 4 is 27.5 Å². The number of hydrogen-bond acceptors (Lipinski definition) is 2. The highest BCUT2D eigenvalue weighted by Crippen LogP contribution is 2.38. The molecule has 0 aliphatic carbocycles. The van der Waals surface area contributed by atoms with E-state index in [1.807, 2.05) is 6.92 Å². The van der Waals surface area contributed by atoms with E-state index in [-0.39, 0.29) is 10.6 Å². The lowest BCUT2D eigenvalue weighted by atomic mass is 9.98. The van der Waals surface area contributed by atoms with Crippen LogP contribution in [0.3, 0.4) is 0 Å². The fraction of sp³-hybridized carbons (Fsp3) is 0.308. The third-order valence-corrected chi connectivity index (χ3v) is 3.87. The highest BCUT2D eigenvalue weighted by Gasteiger charge is 2.36. The molecule has 0 bridgehead atoms. The molecule has 0 saturated carbocycles. The monoisotopic (exact) mass is 381 g/mol. The molecule has 1 atom stereocenters. The number of halogens is 5. The fourth-order valence-electron chi connectivity index (χ4n) is 2.13. The van der Waals surface area contributed by atoms with Crippen LogP contribution < -0.4 is 5.73 Å². The lowest BCUT2D eigenvalue weighted by molar-refractivity contribution is -0.138. The number of nitrogens with zero attached hydrogens (tertiary/aromatic N) is 2. The van der Waals surface area contributed by atoms with Crippen molar-refractivity contribution < 1.29 is 13.2 Å². The Hall–Kier alpha value is -1.05. The second-order valence-corrected chi connectivity index (χ2v) is 5.72. The van der Waals surface area contributed by atoms with Crippen molar-refractivity contribution in [3.05, 3.63) is 50.7 Å². The zero-order valence-electron chi connectivity index (χ0n) is 11.0. The molecular weight excluding hydrogens is 371 g/mol. The average molecular weight is 383 g/mol. The van der Waals surface area contributed by atoms with Crippen molar-refractivity contribution in [3.8, 4) is 0 Å². The minimum atomic E-state index is -4.50. The van der Waals surface area contributed by atoms with Crippen LogP contribution in [0.5, 0.6) is 0 Å². The van der Waals surface area contributed by atoms with Gasteiger partial charge in [-0.05, 0) is 24.6 Å². The molecule has 0 fully saturated rings. The Morgan fingerprint density at radius 1 is 1.43 bits per heavy atom. The minimum absolute atomic E-state index is 0.0391. The van der Waals surface area contributed by atoms with E-state index in [4.69, 9.17) is 17.3 Å². The fourth-order valence-corrected chi connectivity index (χ4v) is 2.75.